The molecule has 5 nitrogen and oxygen atoms in total. The Morgan fingerprint density at radius 1 is 1.00 bits per heavy atom. The fourth-order valence-electron chi connectivity index (χ4n) is 1.91. The van der Waals surface area contributed by atoms with E-state index in [0.29, 0.717) is 13.2 Å². The first kappa shape index (κ1) is 23.1. The van der Waals surface area contributed by atoms with Gasteiger partial charge in [-0.05, 0) is 25.2 Å². The first-order valence-electron chi connectivity index (χ1n) is 8.50. The molecule has 0 aliphatic carbocycles. The SMILES string of the molecule is CC(COCc1ccccc1)COS(C)(=O)=O.CCN(CC)CC. The summed E-state index contributed by atoms with van der Waals surface area (Å²) in [7, 11) is -3.35. The second-order valence-electron chi connectivity index (χ2n) is 5.71. The monoisotopic (exact) mass is 359 g/mol. The van der Waals surface area contributed by atoms with Crippen molar-refractivity contribution in [2.75, 3.05) is 39.1 Å². The van der Waals surface area contributed by atoms with Crippen LogP contribution in [0, 0.1) is 5.92 Å². The minimum absolute atomic E-state index is 0.0495. The summed E-state index contributed by atoms with van der Waals surface area (Å²) in [6.45, 7) is 13.2. The van der Waals surface area contributed by atoms with Crippen LogP contribution in [-0.2, 0) is 25.6 Å². The van der Waals surface area contributed by atoms with Crippen molar-refractivity contribution in [3.05, 3.63) is 35.9 Å². The molecule has 0 amide bonds. The molecule has 0 radical (unpaired) electrons. The third-order valence-electron chi connectivity index (χ3n) is 3.42. The molecule has 0 saturated carbocycles. The predicted octanol–water partition coefficient (Wildman–Crippen LogP) is 3.16. The van der Waals surface area contributed by atoms with Crippen molar-refractivity contribution >= 4 is 10.1 Å². The van der Waals surface area contributed by atoms with Crippen LogP contribution in [0.2, 0.25) is 0 Å². The molecule has 24 heavy (non-hydrogen) atoms. The van der Waals surface area contributed by atoms with Gasteiger partial charge in [0.2, 0.25) is 0 Å². The Morgan fingerprint density at radius 3 is 1.96 bits per heavy atom. The molecule has 1 rings (SSSR count). The van der Waals surface area contributed by atoms with Gasteiger partial charge in [0.15, 0.2) is 0 Å². The number of benzene rings is 1. The smallest absolute Gasteiger partial charge is 0.264 e. The van der Waals surface area contributed by atoms with Crippen molar-refractivity contribution in [3.63, 3.8) is 0 Å². The largest absolute Gasteiger partial charge is 0.376 e. The van der Waals surface area contributed by atoms with Gasteiger partial charge in [-0.15, -0.1) is 0 Å². The summed E-state index contributed by atoms with van der Waals surface area (Å²) in [5, 5.41) is 0. The molecule has 6 heteroatoms. The minimum Gasteiger partial charge on any atom is -0.376 e. The van der Waals surface area contributed by atoms with Crippen LogP contribution in [0.3, 0.4) is 0 Å². The molecule has 0 fully saturated rings. The first-order chi connectivity index (χ1) is 11.3. The Balaban J connectivity index is 0.000000640. The lowest BCUT2D eigenvalue weighted by Crippen LogP contribution is -2.21. The normalized spacial score (nSPS) is 12.6. The van der Waals surface area contributed by atoms with Gasteiger partial charge in [0.25, 0.3) is 10.1 Å². The maximum Gasteiger partial charge on any atom is 0.264 e. The second-order valence-corrected chi connectivity index (χ2v) is 7.36. The number of nitrogens with zero attached hydrogens (tertiary/aromatic N) is 1. The van der Waals surface area contributed by atoms with Crippen LogP contribution in [0.15, 0.2) is 30.3 Å². The van der Waals surface area contributed by atoms with Gasteiger partial charge in [0.05, 0.1) is 26.1 Å². The van der Waals surface area contributed by atoms with E-state index >= 15 is 0 Å². The Hall–Kier alpha value is -0.950. The number of hydrogen-bond donors (Lipinski definition) is 0. The van der Waals surface area contributed by atoms with Crippen LogP contribution in [0.5, 0.6) is 0 Å². The summed E-state index contributed by atoms with van der Waals surface area (Å²) in [4.78, 5) is 2.38. The van der Waals surface area contributed by atoms with Crippen molar-refractivity contribution in [1.82, 2.24) is 4.90 Å². The number of hydrogen-bond acceptors (Lipinski definition) is 5. The minimum atomic E-state index is -3.35. The van der Waals surface area contributed by atoms with Gasteiger partial charge in [-0.25, -0.2) is 0 Å². The molecular weight excluding hydrogens is 326 g/mol. The van der Waals surface area contributed by atoms with Crippen molar-refractivity contribution in [2.45, 2.75) is 34.3 Å². The third-order valence-corrected chi connectivity index (χ3v) is 3.99. The third kappa shape index (κ3) is 13.5. The molecule has 0 bridgehead atoms. The first-order valence-corrected chi connectivity index (χ1v) is 10.3. The summed E-state index contributed by atoms with van der Waals surface area (Å²) < 4.78 is 31.7. The highest BCUT2D eigenvalue weighted by atomic mass is 32.2. The molecule has 1 atom stereocenters. The van der Waals surface area contributed by atoms with E-state index in [2.05, 4.69) is 29.9 Å². The quantitative estimate of drug-likeness (QED) is 0.601. The zero-order valence-corrected chi connectivity index (χ0v) is 16.5. The molecule has 1 unspecified atom stereocenters. The molecule has 0 spiro atoms. The van der Waals surface area contributed by atoms with Crippen LogP contribution >= 0.6 is 0 Å². The average molecular weight is 360 g/mol. The van der Waals surface area contributed by atoms with Gasteiger partial charge < -0.3 is 9.64 Å². The molecular formula is C18H33NO4S. The van der Waals surface area contributed by atoms with Crippen molar-refractivity contribution in [2.24, 2.45) is 5.92 Å². The highest BCUT2D eigenvalue weighted by molar-refractivity contribution is 7.85. The van der Waals surface area contributed by atoms with Gasteiger partial charge in [0, 0.05) is 5.92 Å². The lowest BCUT2D eigenvalue weighted by Gasteiger charge is -2.13. The number of ether oxygens (including phenoxy) is 1. The highest BCUT2D eigenvalue weighted by Gasteiger charge is 2.07. The van der Waals surface area contributed by atoms with Crippen LogP contribution in [0.4, 0.5) is 0 Å². The molecule has 0 aliphatic rings. The zero-order valence-electron chi connectivity index (χ0n) is 15.7. The molecule has 140 valence electrons. The van der Waals surface area contributed by atoms with Gasteiger partial charge in [-0.2, -0.15) is 8.42 Å². The summed E-state index contributed by atoms with van der Waals surface area (Å²) >= 11 is 0. The topological polar surface area (TPSA) is 55.8 Å². The summed E-state index contributed by atoms with van der Waals surface area (Å²) in [6, 6.07) is 9.82. The number of rotatable bonds is 10. The van der Waals surface area contributed by atoms with E-state index in [1.54, 1.807) is 0 Å². The average Bonchev–Trinajstić information content (AvgIpc) is 2.56. The Kier molecular flexibility index (Phi) is 12.8. The van der Waals surface area contributed by atoms with E-state index in [-0.39, 0.29) is 12.5 Å². The molecule has 1 aromatic rings. The van der Waals surface area contributed by atoms with E-state index in [1.165, 1.54) is 19.6 Å². The fourth-order valence-corrected chi connectivity index (χ4v) is 2.39. The molecule has 0 aromatic heterocycles. The van der Waals surface area contributed by atoms with Crippen molar-refractivity contribution in [1.29, 1.82) is 0 Å². The summed E-state index contributed by atoms with van der Waals surface area (Å²) in [5.41, 5.74) is 1.10. The van der Waals surface area contributed by atoms with Crippen LogP contribution in [-0.4, -0.2) is 52.4 Å². The van der Waals surface area contributed by atoms with Crippen LogP contribution in [0.25, 0.3) is 0 Å². The van der Waals surface area contributed by atoms with E-state index in [9.17, 15) is 8.42 Å². The Bertz CT molecular complexity index is 496. The lowest BCUT2D eigenvalue weighted by molar-refractivity contribution is 0.0755. The van der Waals surface area contributed by atoms with Crippen molar-refractivity contribution in [3.8, 4) is 0 Å². The van der Waals surface area contributed by atoms with E-state index in [4.69, 9.17) is 4.74 Å². The molecule has 0 heterocycles. The van der Waals surface area contributed by atoms with Crippen molar-refractivity contribution < 1.29 is 17.3 Å². The zero-order chi connectivity index (χ0) is 18.4. The summed E-state index contributed by atoms with van der Waals surface area (Å²) in [5.74, 6) is 0.0495. The molecule has 0 N–H and O–H groups in total. The van der Waals surface area contributed by atoms with Crippen LogP contribution in [0.1, 0.15) is 33.3 Å². The van der Waals surface area contributed by atoms with E-state index in [0.717, 1.165) is 11.8 Å². The van der Waals surface area contributed by atoms with Gasteiger partial charge in [0.1, 0.15) is 0 Å². The second kappa shape index (κ2) is 13.4. The molecule has 1 aromatic carbocycles. The fraction of sp³-hybridized carbons (Fsp3) is 0.667. The lowest BCUT2D eigenvalue weighted by atomic mass is 10.2. The maximum atomic E-state index is 10.8. The Labute approximate surface area is 148 Å². The van der Waals surface area contributed by atoms with Crippen LogP contribution < -0.4 is 0 Å². The molecule has 0 aliphatic heterocycles. The highest BCUT2D eigenvalue weighted by Crippen LogP contribution is 2.04. The standard InChI is InChI=1S/C12H18O4S.C6H15N/c1-11(9-16-17(2,13)14)8-15-10-12-6-4-3-5-7-12;1-4-7(5-2)6-3/h3-7,11H,8-10H2,1-2H3;4-6H2,1-3H3. The Morgan fingerprint density at radius 2 is 1.54 bits per heavy atom. The van der Waals surface area contributed by atoms with E-state index in [1.807, 2.05) is 37.3 Å². The van der Waals surface area contributed by atoms with Gasteiger partial charge in [-0.1, -0.05) is 58.0 Å². The molecule has 0 saturated heterocycles. The summed E-state index contributed by atoms with van der Waals surface area (Å²) in [6.07, 6.45) is 1.05. The maximum absolute atomic E-state index is 10.8. The van der Waals surface area contributed by atoms with E-state index < -0.39 is 10.1 Å². The van der Waals surface area contributed by atoms with Gasteiger partial charge in [-0.3, -0.25) is 4.18 Å². The predicted molar refractivity (Wildman–Crippen MR) is 99.5 cm³/mol. The van der Waals surface area contributed by atoms with Gasteiger partial charge >= 0.3 is 0 Å².